The molecule has 0 saturated heterocycles. The lowest BCUT2D eigenvalue weighted by atomic mass is 10.1. The molecule has 0 atom stereocenters. The largest absolute Gasteiger partial charge is 0.465 e. The summed E-state index contributed by atoms with van der Waals surface area (Å²) in [7, 11) is 3.22. The number of methoxy groups -OCH3 is 1. The van der Waals surface area contributed by atoms with E-state index >= 15 is 0 Å². The minimum absolute atomic E-state index is 0.382. The molecule has 3 aromatic rings. The van der Waals surface area contributed by atoms with Crippen LogP contribution in [0.1, 0.15) is 16.1 Å². The summed E-state index contributed by atoms with van der Waals surface area (Å²) < 4.78 is 6.65. The predicted molar refractivity (Wildman–Crippen MR) is 109 cm³/mol. The van der Waals surface area contributed by atoms with Crippen molar-refractivity contribution in [2.75, 3.05) is 17.7 Å². The van der Waals surface area contributed by atoms with Gasteiger partial charge >= 0.3 is 5.97 Å². The van der Waals surface area contributed by atoms with Crippen LogP contribution in [0.5, 0.6) is 0 Å². The van der Waals surface area contributed by atoms with Crippen LogP contribution in [0.25, 0.3) is 10.4 Å². The van der Waals surface area contributed by atoms with E-state index in [1.54, 1.807) is 10.9 Å². The Morgan fingerprint density at radius 1 is 1.27 bits per heavy atom. The first-order valence-corrected chi connectivity index (χ1v) is 9.06. The molecule has 0 aliphatic rings. The van der Waals surface area contributed by atoms with Gasteiger partial charge in [-0.05, 0) is 30.8 Å². The SMILES string of the molecule is COC(=O)c1cc(-c2ccccc2)sc1NC(=S)Nc1cnn(C)c1C. The summed E-state index contributed by atoms with van der Waals surface area (Å²) in [5, 5.41) is 11.4. The van der Waals surface area contributed by atoms with Crippen LogP contribution in [-0.4, -0.2) is 28.0 Å². The molecule has 0 unspecified atom stereocenters. The van der Waals surface area contributed by atoms with Crippen LogP contribution in [-0.2, 0) is 11.8 Å². The fourth-order valence-electron chi connectivity index (χ4n) is 2.37. The number of nitrogens with one attached hydrogen (secondary N) is 2. The Morgan fingerprint density at radius 2 is 2.00 bits per heavy atom. The highest BCUT2D eigenvalue weighted by molar-refractivity contribution is 7.80. The van der Waals surface area contributed by atoms with Crippen LogP contribution in [0.15, 0.2) is 42.6 Å². The molecule has 0 amide bonds. The van der Waals surface area contributed by atoms with Crippen molar-refractivity contribution in [1.82, 2.24) is 9.78 Å². The van der Waals surface area contributed by atoms with Crippen molar-refractivity contribution in [2.45, 2.75) is 6.92 Å². The molecule has 0 fully saturated rings. The van der Waals surface area contributed by atoms with Crippen molar-refractivity contribution in [2.24, 2.45) is 7.05 Å². The highest BCUT2D eigenvalue weighted by atomic mass is 32.1. The molecule has 134 valence electrons. The number of esters is 1. The number of hydrogen-bond acceptors (Lipinski definition) is 5. The summed E-state index contributed by atoms with van der Waals surface area (Å²) in [6, 6.07) is 11.7. The second-order valence-corrected chi connectivity index (χ2v) is 7.02. The first-order chi connectivity index (χ1) is 12.5. The third-order valence-corrected chi connectivity index (χ3v) is 5.21. The lowest BCUT2D eigenvalue weighted by Gasteiger charge is -2.09. The van der Waals surface area contributed by atoms with Crippen molar-refractivity contribution in [1.29, 1.82) is 0 Å². The monoisotopic (exact) mass is 386 g/mol. The van der Waals surface area contributed by atoms with E-state index < -0.39 is 5.97 Å². The minimum Gasteiger partial charge on any atom is -0.465 e. The molecule has 0 saturated carbocycles. The highest BCUT2D eigenvalue weighted by Gasteiger charge is 2.19. The Kier molecular flexibility index (Phi) is 5.34. The maximum Gasteiger partial charge on any atom is 0.340 e. The molecule has 1 aromatic carbocycles. The zero-order valence-electron chi connectivity index (χ0n) is 14.6. The van der Waals surface area contributed by atoms with Crippen LogP contribution < -0.4 is 10.6 Å². The van der Waals surface area contributed by atoms with E-state index in [0.29, 0.717) is 15.7 Å². The number of thiophene rings is 1. The van der Waals surface area contributed by atoms with Gasteiger partial charge in [0.25, 0.3) is 0 Å². The van der Waals surface area contributed by atoms with Crippen molar-refractivity contribution in [3.8, 4) is 10.4 Å². The maximum atomic E-state index is 12.1. The molecule has 0 bridgehead atoms. The van der Waals surface area contributed by atoms with E-state index in [0.717, 1.165) is 21.8 Å². The highest BCUT2D eigenvalue weighted by Crippen LogP contribution is 2.36. The lowest BCUT2D eigenvalue weighted by Crippen LogP contribution is -2.20. The van der Waals surface area contributed by atoms with Crippen molar-refractivity contribution >= 4 is 45.3 Å². The van der Waals surface area contributed by atoms with Gasteiger partial charge in [-0.1, -0.05) is 30.3 Å². The van der Waals surface area contributed by atoms with Crippen molar-refractivity contribution in [3.05, 3.63) is 53.9 Å². The Balaban J connectivity index is 1.86. The smallest absolute Gasteiger partial charge is 0.340 e. The average molecular weight is 387 g/mol. The van der Waals surface area contributed by atoms with Crippen LogP contribution in [0.3, 0.4) is 0 Å². The van der Waals surface area contributed by atoms with Gasteiger partial charge < -0.3 is 15.4 Å². The summed E-state index contributed by atoms with van der Waals surface area (Å²) in [6.07, 6.45) is 1.70. The van der Waals surface area contributed by atoms with Crippen LogP contribution in [0, 0.1) is 6.92 Å². The summed E-state index contributed by atoms with van der Waals surface area (Å²) in [4.78, 5) is 13.1. The van der Waals surface area contributed by atoms with Gasteiger partial charge in [-0.15, -0.1) is 11.3 Å². The normalized spacial score (nSPS) is 10.4. The zero-order valence-corrected chi connectivity index (χ0v) is 16.2. The van der Waals surface area contributed by atoms with Gasteiger partial charge in [-0.3, -0.25) is 4.68 Å². The Hall–Kier alpha value is -2.71. The molecular weight excluding hydrogens is 368 g/mol. The van der Waals surface area contributed by atoms with Gasteiger partial charge in [0.15, 0.2) is 5.11 Å². The zero-order chi connectivity index (χ0) is 18.7. The average Bonchev–Trinajstić information content (AvgIpc) is 3.20. The van der Waals surface area contributed by atoms with Gasteiger partial charge in [0, 0.05) is 11.9 Å². The van der Waals surface area contributed by atoms with Crippen molar-refractivity contribution in [3.63, 3.8) is 0 Å². The van der Waals surface area contributed by atoms with E-state index in [4.69, 9.17) is 17.0 Å². The number of nitrogens with zero attached hydrogens (tertiary/aromatic N) is 2. The number of hydrogen-bond donors (Lipinski definition) is 2. The molecule has 8 heteroatoms. The van der Waals surface area contributed by atoms with E-state index in [2.05, 4.69) is 15.7 Å². The Morgan fingerprint density at radius 3 is 2.62 bits per heavy atom. The quantitative estimate of drug-likeness (QED) is 0.521. The number of aromatic nitrogens is 2. The first kappa shape index (κ1) is 18.1. The van der Waals surface area contributed by atoms with Crippen LogP contribution >= 0.6 is 23.6 Å². The Labute approximate surface area is 160 Å². The fraction of sp³-hybridized carbons (Fsp3) is 0.167. The number of aryl methyl sites for hydroxylation is 1. The number of benzene rings is 1. The molecule has 0 spiro atoms. The second kappa shape index (κ2) is 7.67. The topological polar surface area (TPSA) is 68.2 Å². The van der Waals surface area contributed by atoms with Crippen molar-refractivity contribution < 1.29 is 9.53 Å². The van der Waals surface area contributed by atoms with E-state index in [9.17, 15) is 4.79 Å². The summed E-state index contributed by atoms with van der Waals surface area (Å²) in [5.41, 5.74) is 3.24. The molecular formula is C18H18N4O2S2. The molecule has 0 radical (unpaired) electrons. The van der Waals surface area contributed by atoms with Crippen LogP contribution in [0.2, 0.25) is 0 Å². The number of rotatable bonds is 4. The third-order valence-electron chi connectivity index (χ3n) is 3.91. The number of carbonyl (C=O) groups is 1. The predicted octanol–water partition coefficient (Wildman–Crippen LogP) is 4.05. The molecule has 2 N–H and O–H groups in total. The molecule has 6 nitrogen and oxygen atoms in total. The standard InChI is InChI=1S/C18H18N4O2S2/c1-11-14(10-19-22(11)2)20-18(25)21-16-13(17(23)24-3)9-15(26-16)12-7-5-4-6-8-12/h4-10H,1-3H3,(H2,20,21,25). The van der Waals surface area contributed by atoms with E-state index in [1.165, 1.54) is 18.4 Å². The molecule has 0 aliphatic heterocycles. The van der Waals surface area contributed by atoms with Gasteiger partial charge in [0.2, 0.25) is 0 Å². The summed E-state index contributed by atoms with van der Waals surface area (Å²) >= 11 is 6.83. The second-order valence-electron chi connectivity index (χ2n) is 5.56. The number of thiocarbonyl (C=S) groups is 1. The number of ether oxygens (including phenoxy) is 1. The van der Waals surface area contributed by atoms with Gasteiger partial charge in [-0.2, -0.15) is 5.10 Å². The van der Waals surface area contributed by atoms with E-state index in [1.807, 2.05) is 50.4 Å². The lowest BCUT2D eigenvalue weighted by molar-refractivity contribution is 0.0602. The molecule has 2 aromatic heterocycles. The maximum absolute atomic E-state index is 12.1. The van der Waals surface area contributed by atoms with Gasteiger partial charge in [0.05, 0.1) is 30.3 Å². The van der Waals surface area contributed by atoms with Gasteiger partial charge in [0.1, 0.15) is 5.00 Å². The first-order valence-electron chi connectivity index (χ1n) is 7.83. The number of carbonyl (C=O) groups excluding carboxylic acids is 1. The van der Waals surface area contributed by atoms with Crippen LogP contribution in [0.4, 0.5) is 10.7 Å². The third kappa shape index (κ3) is 3.76. The minimum atomic E-state index is -0.411. The summed E-state index contributed by atoms with van der Waals surface area (Å²) in [5.74, 6) is -0.411. The molecule has 26 heavy (non-hydrogen) atoms. The fourth-order valence-corrected chi connectivity index (χ4v) is 3.70. The summed E-state index contributed by atoms with van der Waals surface area (Å²) in [6.45, 7) is 1.94. The van der Waals surface area contributed by atoms with Gasteiger partial charge in [-0.25, -0.2) is 4.79 Å². The molecule has 0 aliphatic carbocycles. The number of anilines is 2. The molecule has 3 rings (SSSR count). The Bertz CT molecular complexity index is 948. The molecule has 2 heterocycles. The van der Waals surface area contributed by atoms with E-state index in [-0.39, 0.29) is 0 Å².